The van der Waals surface area contributed by atoms with E-state index in [0.717, 1.165) is 0 Å². The van der Waals surface area contributed by atoms with Crippen LogP contribution in [0.2, 0.25) is 0 Å². The molecule has 56 valence electrons. The van der Waals surface area contributed by atoms with Crippen molar-refractivity contribution in [2.75, 3.05) is 0 Å². The maximum atomic E-state index is 2.26. The second-order valence-corrected chi connectivity index (χ2v) is 2.41. The van der Waals surface area contributed by atoms with Crippen LogP contribution in [0.5, 0.6) is 0 Å². The molecule has 0 aromatic rings. The standard InChI is InChI=1S/C8H18.Pb.2H/c1-3-5-7-8-6-4-2;;;/h3-8H2,1-2H3;;;. The molecule has 0 aliphatic rings. The van der Waals surface area contributed by atoms with Gasteiger partial charge in [-0.3, -0.25) is 0 Å². The Morgan fingerprint density at radius 3 is 1.22 bits per heavy atom. The Morgan fingerprint density at radius 1 is 0.667 bits per heavy atom. The van der Waals surface area contributed by atoms with Crippen molar-refractivity contribution in [1.82, 2.24) is 0 Å². The van der Waals surface area contributed by atoms with Crippen LogP contribution in [-0.4, -0.2) is 27.3 Å². The monoisotopic (exact) mass is 324 g/mol. The predicted octanol–water partition coefficient (Wildman–Crippen LogP) is 2.45. The average Bonchev–Trinajstić information content (AvgIpc) is 1.81. The Kier molecular flexibility index (Phi) is 16.3. The predicted molar refractivity (Wildman–Crippen MR) is 47.6 cm³/mol. The van der Waals surface area contributed by atoms with Gasteiger partial charge in [-0.15, -0.1) is 0 Å². The van der Waals surface area contributed by atoms with Gasteiger partial charge in [-0.05, 0) is 0 Å². The summed E-state index contributed by atoms with van der Waals surface area (Å²) in [6.07, 6.45) is 8.49. The summed E-state index contributed by atoms with van der Waals surface area (Å²) in [7, 11) is 0. The van der Waals surface area contributed by atoms with E-state index >= 15 is 0 Å². The summed E-state index contributed by atoms with van der Waals surface area (Å²) >= 11 is 0. The van der Waals surface area contributed by atoms with Crippen molar-refractivity contribution in [1.29, 1.82) is 0 Å². The minimum absolute atomic E-state index is 0. The van der Waals surface area contributed by atoms with Crippen LogP contribution in [0.25, 0.3) is 0 Å². The van der Waals surface area contributed by atoms with E-state index in [2.05, 4.69) is 13.8 Å². The first-order valence-electron chi connectivity index (χ1n) is 3.91. The van der Waals surface area contributed by atoms with Crippen molar-refractivity contribution in [2.24, 2.45) is 0 Å². The van der Waals surface area contributed by atoms with Gasteiger partial charge in [0.1, 0.15) is 0 Å². The summed E-state index contributed by atoms with van der Waals surface area (Å²) < 4.78 is 0. The zero-order valence-corrected chi connectivity index (χ0v) is 12.4. The van der Waals surface area contributed by atoms with Gasteiger partial charge in [0.2, 0.25) is 0 Å². The molecule has 0 saturated heterocycles. The van der Waals surface area contributed by atoms with Crippen molar-refractivity contribution >= 4 is 27.3 Å². The van der Waals surface area contributed by atoms with E-state index in [1.807, 2.05) is 0 Å². The summed E-state index contributed by atoms with van der Waals surface area (Å²) in [6, 6.07) is 0. The summed E-state index contributed by atoms with van der Waals surface area (Å²) in [5.41, 5.74) is 0. The number of rotatable bonds is 5. The molecule has 0 fully saturated rings. The molecule has 0 N–H and O–H groups in total. The van der Waals surface area contributed by atoms with Crippen molar-refractivity contribution in [3.05, 3.63) is 0 Å². The summed E-state index contributed by atoms with van der Waals surface area (Å²) in [5, 5.41) is 0. The first kappa shape index (κ1) is 12.6. The molecule has 0 nitrogen and oxygen atoms in total. The first-order valence-corrected chi connectivity index (χ1v) is 3.91. The second-order valence-electron chi connectivity index (χ2n) is 2.41. The van der Waals surface area contributed by atoms with Gasteiger partial charge in [0.15, 0.2) is 0 Å². The van der Waals surface area contributed by atoms with E-state index in [-0.39, 0.29) is 27.3 Å². The van der Waals surface area contributed by atoms with Crippen molar-refractivity contribution < 1.29 is 0 Å². The number of hydrogen-bond acceptors (Lipinski definition) is 0. The van der Waals surface area contributed by atoms with Gasteiger partial charge >= 0.3 is 27.3 Å². The molecular weight excluding hydrogens is 303 g/mol. The van der Waals surface area contributed by atoms with E-state index in [0.29, 0.717) is 0 Å². The van der Waals surface area contributed by atoms with Crippen LogP contribution in [0, 0.1) is 0 Å². The number of unbranched alkanes of at least 4 members (excludes halogenated alkanes) is 5. The van der Waals surface area contributed by atoms with Gasteiger partial charge in [-0.25, -0.2) is 0 Å². The molecule has 0 spiro atoms. The molecule has 0 rings (SSSR count). The molecule has 0 aliphatic carbocycles. The molecule has 0 atom stereocenters. The average molecular weight is 323 g/mol. The molecule has 2 radical (unpaired) electrons. The Labute approximate surface area is 79.6 Å². The van der Waals surface area contributed by atoms with Crippen molar-refractivity contribution in [2.45, 2.75) is 52.4 Å². The third-order valence-corrected chi connectivity index (χ3v) is 1.46. The maximum absolute atomic E-state index is 2.26. The summed E-state index contributed by atoms with van der Waals surface area (Å²) in [4.78, 5) is 0. The zero-order chi connectivity index (χ0) is 6.24. The van der Waals surface area contributed by atoms with Crippen molar-refractivity contribution in [3.63, 3.8) is 0 Å². The van der Waals surface area contributed by atoms with Crippen LogP contribution >= 0.6 is 0 Å². The van der Waals surface area contributed by atoms with E-state index in [1.165, 1.54) is 38.5 Å². The quantitative estimate of drug-likeness (QED) is 0.538. The molecule has 0 amide bonds. The van der Waals surface area contributed by atoms with Gasteiger partial charge in [-0.2, -0.15) is 0 Å². The van der Waals surface area contributed by atoms with E-state index in [4.69, 9.17) is 0 Å². The van der Waals surface area contributed by atoms with Crippen LogP contribution in [0.15, 0.2) is 0 Å². The first-order chi connectivity index (χ1) is 3.91. The molecular formula is C8H20Pb. The van der Waals surface area contributed by atoms with Gasteiger partial charge in [-0.1, -0.05) is 52.4 Å². The molecule has 0 aromatic carbocycles. The van der Waals surface area contributed by atoms with E-state index < -0.39 is 0 Å². The molecule has 9 heavy (non-hydrogen) atoms. The van der Waals surface area contributed by atoms with Gasteiger partial charge in [0.25, 0.3) is 0 Å². The molecule has 1 heteroatoms. The van der Waals surface area contributed by atoms with E-state index in [9.17, 15) is 0 Å². The van der Waals surface area contributed by atoms with Crippen LogP contribution in [0.3, 0.4) is 0 Å². The van der Waals surface area contributed by atoms with Crippen LogP contribution in [-0.2, 0) is 0 Å². The molecule has 0 aromatic heterocycles. The molecule has 0 heterocycles. The zero-order valence-electron chi connectivity index (χ0n) is 6.95. The fourth-order valence-corrected chi connectivity index (χ4v) is 0.854. The van der Waals surface area contributed by atoms with Crippen LogP contribution < -0.4 is 0 Å². The number of hydrogen-bond donors (Lipinski definition) is 0. The minimum atomic E-state index is 0. The Morgan fingerprint density at radius 2 is 1.00 bits per heavy atom. The second kappa shape index (κ2) is 11.7. The summed E-state index contributed by atoms with van der Waals surface area (Å²) in [6.45, 7) is 4.51. The fourth-order valence-electron chi connectivity index (χ4n) is 0.854. The van der Waals surface area contributed by atoms with Gasteiger partial charge < -0.3 is 0 Å². The third-order valence-electron chi connectivity index (χ3n) is 1.46. The molecule has 0 saturated carbocycles. The SMILES string of the molecule is CCCCCCCC.[PbH2]. The van der Waals surface area contributed by atoms with E-state index in [1.54, 1.807) is 0 Å². The normalized spacial score (nSPS) is 8.67. The van der Waals surface area contributed by atoms with Gasteiger partial charge in [0.05, 0.1) is 0 Å². The molecule has 0 unspecified atom stereocenters. The Hall–Kier alpha value is 0.922. The Bertz CT molecular complexity index is 29.5. The van der Waals surface area contributed by atoms with Crippen LogP contribution in [0.4, 0.5) is 0 Å². The van der Waals surface area contributed by atoms with Crippen LogP contribution in [0.1, 0.15) is 52.4 Å². The van der Waals surface area contributed by atoms with Crippen molar-refractivity contribution in [3.8, 4) is 0 Å². The third kappa shape index (κ3) is 12.2. The molecule has 0 aliphatic heterocycles. The fraction of sp³-hybridized carbons (Fsp3) is 1.00. The molecule has 0 bridgehead atoms. The Balaban J connectivity index is 0. The van der Waals surface area contributed by atoms with Gasteiger partial charge in [0, 0.05) is 0 Å². The summed E-state index contributed by atoms with van der Waals surface area (Å²) in [5.74, 6) is 0. The topological polar surface area (TPSA) is 0 Å².